The normalized spacial score (nSPS) is 19.9. The summed E-state index contributed by atoms with van der Waals surface area (Å²) in [4.78, 5) is 303. The monoisotopic (exact) mass is 1780 g/mol. The highest BCUT2D eigenvalue weighted by molar-refractivity contribution is 6.02. The SMILES string of the molecule is CC(C)C[C@H](NC(=O)[C@H](CC(N)=O)NC(=O)[C@@H]1CCCN1C(=O)[C@@H]1CCCN1C(=O)CNC(=O)[C@@H]1CCCN1C(=O)[C@H](Cc1ccccc1)NC(=O)CNC(=O)CNC(=O)[C@@H]1CCCN1C(=O)[C@H](CC(N)=O)NC(=O)[C@H](CCC(=O)O)NC(=O)[C@@H]1CCCN1C(=O)CN)C(=O)N[C@@H](Cc1ccc(O)cc1)C(=O)NCC(=O)N[C@@H](CC(=O)O)C(=O)N1CCC[C@H]1C(=O)O. The summed E-state index contributed by atoms with van der Waals surface area (Å²) in [7, 11) is 0. The van der Waals surface area contributed by atoms with Crippen LogP contribution >= 0.6 is 0 Å². The van der Waals surface area contributed by atoms with Crippen molar-refractivity contribution in [2.75, 3.05) is 72.0 Å². The summed E-state index contributed by atoms with van der Waals surface area (Å²) in [5.41, 5.74) is 17.5. The zero-order valence-electron chi connectivity index (χ0n) is 70.4. The topological polar surface area (TPSA) is 686 Å². The Morgan fingerprint density at radius 3 is 1.32 bits per heavy atom. The van der Waals surface area contributed by atoms with Crippen molar-refractivity contribution in [2.24, 2.45) is 23.1 Å². The molecule has 21 N–H and O–H groups in total. The molecule has 0 saturated carbocycles. The number of hydrogen-bond acceptors (Lipinski definition) is 24. The van der Waals surface area contributed by atoms with E-state index in [0.29, 0.717) is 36.8 Å². The van der Waals surface area contributed by atoms with Gasteiger partial charge in [0.15, 0.2) is 0 Å². The number of carbonyl (C=O) groups excluding carboxylic acids is 19. The number of phenols is 1. The molecule has 127 heavy (non-hydrogen) atoms. The highest BCUT2D eigenvalue weighted by atomic mass is 16.4. The van der Waals surface area contributed by atoms with Crippen molar-refractivity contribution < 1.29 is 126 Å². The van der Waals surface area contributed by atoms with Crippen LogP contribution in [0.25, 0.3) is 0 Å². The maximum Gasteiger partial charge on any atom is 0.326 e. The second-order valence-corrected chi connectivity index (χ2v) is 32.3. The number of benzene rings is 2. The van der Waals surface area contributed by atoms with Crippen molar-refractivity contribution in [3.05, 3.63) is 65.7 Å². The first-order valence-corrected chi connectivity index (χ1v) is 42.1. The van der Waals surface area contributed by atoms with E-state index in [1.807, 2.05) is 0 Å². The molecule has 6 aliphatic rings. The minimum absolute atomic E-state index is 0.00610. The van der Waals surface area contributed by atoms with E-state index >= 15 is 0 Å². The van der Waals surface area contributed by atoms with E-state index < -0.39 is 274 Å². The third-order valence-corrected chi connectivity index (χ3v) is 22.6. The average Bonchev–Trinajstić information content (AvgIpc) is 1.67. The molecular formula is C81H112N20O26. The fraction of sp³-hybridized carbons (Fsp3) is 0.580. The standard InChI is InChI=1S/C81H112N20O26/c1-43(2)32-48(71(116)93-49(33-45-20-22-46(102)23-21-45)69(114)86-41-64(107)90-53(37-68(112)113)79(124)101-31-11-19-59(101)81(126)127)92-72(117)50(35-60(83)103)94-76(121)57-17-9-30-100(57)80(125)58-18-10-27-97(58)66(109)42-88-74(119)55-15-8-28-98(55)77(122)51(34-44-12-4-3-5-13-44)89-63(106)40-85-62(105)39-87-73(118)54-14-7-29-99(54)78(123)52(36-61(84)104)95-70(115)47(24-25-67(110)111)91-75(120)56-16-6-26-96(56)65(108)38-82/h3-5,12-13,20-23,43,47-59,102H,6-11,14-19,24-42,82H2,1-2H3,(H2,83,103)(H2,84,104)(H,85,105)(H,86,114)(H,87,118)(H,88,119)(H,89,106)(H,90,107)(H,91,120)(H,92,117)(H,93,116)(H,94,121)(H,95,115)(H,110,111)(H,112,113)(H,126,127)/t47-,48-,49-,50-,51-,52-,53-,54-,55-,56-,57-,58-,59-/m0/s1. The Bertz CT molecular complexity index is 4460. The van der Waals surface area contributed by atoms with Crippen LogP contribution in [0.2, 0.25) is 0 Å². The molecule has 19 amide bonds. The Morgan fingerprint density at radius 1 is 0.378 bits per heavy atom. The van der Waals surface area contributed by atoms with Crippen molar-refractivity contribution in [3.8, 4) is 5.75 Å². The number of carbonyl (C=O) groups is 22. The van der Waals surface area contributed by atoms with Crippen LogP contribution in [0.4, 0.5) is 0 Å². The molecule has 0 aliphatic carbocycles. The summed E-state index contributed by atoms with van der Waals surface area (Å²) in [6.07, 6.45) is -1.65. The molecule has 6 aliphatic heterocycles. The van der Waals surface area contributed by atoms with E-state index in [4.69, 9.17) is 17.2 Å². The van der Waals surface area contributed by atoms with Crippen molar-refractivity contribution >= 4 is 130 Å². The van der Waals surface area contributed by atoms with Crippen LogP contribution in [0.15, 0.2) is 54.6 Å². The molecule has 8 rings (SSSR count). The molecule has 13 atom stereocenters. The number of carboxylic acids is 3. The Morgan fingerprint density at radius 2 is 0.787 bits per heavy atom. The minimum Gasteiger partial charge on any atom is -0.508 e. The number of primary amides is 2. The number of nitrogens with zero attached hydrogens (tertiary/aromatic N) is 6. The first kappa shape index (κ1) is 99.0. The fourth-order valence-corrected chi connectivity index (χ4v) is 16.4. The van der Waals surface area contributed by atoms with E-state index in [1.165, 1.54) is 43.9 Å². The fourth-order valence-electron chi connectivity index (χ4n) is 16.4. The third kappa shape index (κ3) is 28.5. The van der Waals surface area contributed by atoms with Crippen LogP contribution in [0.3, 0.4) is 0 Å². The lowest BCUT2D eigenvalue weighted by molar-refractivity contribution is -0.150. The molecule has 6 heterocycles. The van der Waals surface area contributed by atoms with Gasteiger partial charge in [-0.1, -0.05) is 56.3 Å². The van der Waals surface area contributed by atoms with Crippen LogP contribution in [0.1, 0.15) is 141 Å². The predicted octanol–water partition coefficient (Wildman–Crippen LogP) is -7.84. The zero-order valence-corrected chi connectivity index (χ0v) is 70.4. The van der Waals surface area contributed by atoms with Gasteiger partial charge in [-0.15, -0.1) is 0 Å². The highest BCUT2D eigenvalue weighted by Crippen LogP contribution is 2.28. The van der Waals surface area contributed by atoms with Crippen molar-refractivity contribution in [2.45, 2.75) is 221 Å². The summed E-state index contributed by atoms with van der Waals surface area (Å²) >= 11 is 0. The number of rotatable bonds is 44. The molecule has 46 heteroatoms. The van der Waals surface area contributed by atoms with E-state index in [1.54, 1.807) is 44.2 Å². The van der Waals surface area contributed by atoms with Crippen molar-refractivity contribution in [3.63, 3.8) is 0 Å². The predicted molar refractivity (Wildman–Crippen MR) is 439 cm³/mol. The summed E-state index contributed by atoms with van der Waals surface area (Å²) in [6, 6.07) is -4.46. The van der Waals surface area contributed by atoms with Gasteiger partial charge in [0.05, 0.1) is 52.0 Å². The van der Waals surface area contributed by atoms with Crippen LogP contribution in [-0.4, -0.2) is 331 Å². The molecule has 6 fully saturated rings. The maximum absolute atomic E-state index is 14.6. The van der Waals surface area contributed by atoms with Gasteiger partial charge >= 0.3 is 17.9 Å². The smallest absolute Gasteiger partial charge is 0.326 e. The Balaban J connectivity index is 0.834. The summed E-state index contributed by atoms with van der Waals surface area (Å²) < 4.78 is 0. The number of aliphatic carboxylic acids is 3. The summed E-state index contributed by atoms with van der Waals surface area (Å²) in [5, 5.41) is 65.6. The molecule has 692 valence electrons. The Kier molecular flexibility index (Phi) is 36.7. The zero-order chi connectivity index (χ0) is 93.0. The molecular weight excluding hydrogens is 1670 g/mol. The maximum atomic E-state index is 14.6. The van der Waals surface area contributed by atoms with E-state index in [0.717, 1.165) is 9.80 Å². The number of nitrogens with one attached hydrogen (secondary N) is 11. The van der Waals surface area contributed by atoms with Gasteiger partial charge in [0.25, 0.3) is 0 Å². The molecule has 2 aromatic rings. The van der Waals surface area contributed by atoms with Gasteiger partial charge in [0.2, 0.25) is 112 Å². The molecule has 6 saturated heterocycles. The van der Waals surface area contributed by atoms with Crippen LogP contribution in [0.5, 0.6) is 5.75 Å². The Hall–Kier alpha value is -13.5. The van der Waals surface area contributed by atoms with Crippen molar-refractivity contribution in [1.29, 1.82) is 0 Å². The van der Waals surface area contributed by atoms with Gasteiger partial charge in [0, 0.05) is 58.5 Å². The molecule has 0 aromatic heterocycles. The van der Waals surface area contributed by atoms with Gasteiger partial charge in [-0.25, -0.2) is 4.79 Å². The van der Waals surface area contributed by atoms with Gasteiger partial charge in [-0.2, -0.15) is 0 Å². The quantitative estimate of drug-likeness (QED) is 0.0293. The molecule has 0 unspecified atom stereocenters. The highest BCUT2D eigenvalue weighted by Gasteiger charge is 2.47. The number of likely N-dealkylation sites (tertiary alicyclic amines) is 6. The summed E-state index contributed by atoms with van der Waals surface area (Å²) in [5.74, 6) is -21.6. The van der Waals surface area contributed by atoms with Gasteiger partial charge in [-0.05, 0) is 119 Å². The number of aromatic hydroxyl groups is 1. The van der Waals surface area contributed by atoms with E-state index in [9.17, 15) is 126 Å². The number of carboxylic acid groups (broad SMARTS) is 3. The lowest BCUT2D eigenvalue weighted by atomic mass is 10.00. The van der Waals surface area contributed by atoms with Gasteiger partial charge in [-0.3, -0.25) is 101 Å². The van der Waals surface area contributed by atoms with Gasteiger partial charge < -0.3 is 126 Å². The molecule has 46 nitrogen and oxygen atoms in total. The molecule has 0 radical (unpaired) electrons. The number of nitrogens with two attached hydrogens (primary N) is 3. The second-order valence-electron chi connectivity index (χ2n) is 32.3. The lowest BCUT2D eigenvalue weighted by Gasteiger charge is -2.32. The summed E-state index contributed by atoms with van der Waals surface area (Å²) in [6.45, 7) is 0.163. The first-order valence-electron chi connectivity index (χ1n) is 42.1. The van der Waals surface area contributed by atoms with Gasteiger partial charge in [0.1, 0.15) is 84.3 Å². The van der Waals surface area contributed by atoms with E-state index in [2.05, 4.69) is 58.5 Å². The number of hydrogen-bond donors (Lipinski definition) is 18. The molecule has 0 bridgehead atoms. The largest absolute Gasteiger partial charge is 0.508 e. The first-order chi connectivity index (χ1) is 60.3. The lowest BCUT2D eigenvalue weighted by Crippen LogP contribution is -2.60. The molecule has 2 aromatic carbocycles. The number of amides is 19. The van der Waals surface area contributed by atoms with E-state index in [-0.39, 0.29) is 122 Å². The van der Waals surface area contributed by atoms with Crippen LogP contribution < -0.4 is 75.7 Å². The Labute approximate surface area is 728 Å². The minimum atomic E-state index is -1.77. The molecule has 0 spiro atoms. The third-order valence-electron chi connectivity index (χ3n) is 22.6. The second kappa shape index (κ2) is 47.0. The van der Waals surface area contributed by atoms with Crippen LogP contribution in [0, 0.1) is 5.92 Å². The number of phenolic OH excluding ortho intramolecular Hbond substituents is 1. The average molecular weight is 1780 g/mol. The van der Waals surface area contributed by atoms with Crippen LogP contribution in [-0.2, 0) is 118 Å². The van der Waals surface area contributed by atoms with Crippen molar-refractivity contribution in [1.82, 2.24) is 87.9 Å².